The Bertz CT molecular complexity index is 7310. The molecule has 4 amide bonds. The molecule has 38 heteroatoms. The number of aromatic nitrogens is 19. The molecule has 6 aromatic carbocycles. The van der Waals surface area contributed by atoms with Gasteiger partial charge in [-0.3, -0.25) is 24.7 Å². The summed E-state index contributed by atoms with van der Waals surface area (Å²) in [7, 11) is 5.26. The lowest BCUT2D eigenvalue weighted by atomic mass is 9.92. The molecule has 0 radical (unpaired) electrons. The lowest BCUT2D eigenvalue weighted by molar-refractivity contribution is -0.132. The summed E-state index contributed by atoms with van der Waals surface area (Å²) in [6.45, 7) is 11.8. The molecule has 2 N–H and O–H groups in total. The van der Waals surface area contributed by atoms with Crippen LogP contribution in [0.25, 0.3) is 99.8 Å². The van der Waals surface area contributed by atoms with Crippen LogP contribution in [0.3, 0.4) is 0 Å². The lowest BCUT2D eigenvalue weighted by Crippen LogP contribution is -2.43. The highest BCUT2D eigenvalue weighted by Crippen LogP contribution is 2.43. The number of fused-ring (bicyclic) bond motifs is 6. The van der Waals surface area contributed by atoms with E-state index in [9.17, 15) is 14.4 Å². The zero-order valence-corrected chi connectivity index (χ0v) is 87.6. The van der Waals surface area contributed by atoms with Crippen LogP contribution in [0, 0.1) is 0 Å². The molecular weight excluding hydrogens is 2010 g/mol. The molecule has 0 unspecified atom stereocenters. The summed E-state index contributed by atoms with van der Waals surface area (Å²) in [4.78, 5) is 77.9. The number of halogens is 6. The largest absolute Gasteiger partial charge is 0.494 e. The maximum absolute atomic E-state index is 12.2. The third-order valence-electron chi connectivity index (χ3n) is 28.1. The van der Waals surface area contributed by atoms with E-state index in [1.807, 2.05) is 247 Å². The number of piperidine rings is 3. The maximum atomic E-state index is 12.2. The fourth-order valence-corrected chi connectivity index (χ4v) is 21.1. The molecule has 6 saturated heterocycles. The van der Waals surface area contributed by atoms with Gasteiger partial charge in [0.25, 0.3) is 0 Å². The van der Waals surface area contributed by atoms with E-state index in [4.69, 9.17) is 125 Å². The Balaban J connectivity index is 0.000000113. The Morgan fingerprint density at radius 2 is 0.705 bits per heavy atom. The highest BCUT2D eigenvalue weighted by atomic mass is 35.5. The molecule has 32 nitrogen and oxygen atoms in total. The molecule has 0 bridgehead atoms. The topological polar surface area (TPSA) is 333 Å². The van der Waals surface area contributed by atoms with Crippen LogP contribution in [0.1, 0.15) is 160 Å². The summed E-state index contributed by atoms with van der Waals surface area (Å²) in [5, 5.41) is 33.2. The minimum atomic E-state index is -0.225. The minimum Gasteiger partial charge on any atom is -0.494 e. The SMILES string of the molecule is CCOC(=O)N1CCC(c2nn(-c3ccc(Cl)cc3)c3cnccc23)CC1.CN(C)C(=O)N1CCC(c2nn(-c3ccc(Cl)cc3)c3cnccc23)CC1.COc1cncc2c1c(C1CCOCC1)nn2-c1ccc(Cl)cc1.Clc1ccc(-n2cc(C3CCOCC3)c3ncncc32)cc1.Clc1ccc(-n2nc(C3CCOCC3)c3ncncc32)cc1.NCCC(=O)N1CCC(c2nn(-c3ccc(Cl)cc3)c3cnccc23)CC1. The number of pyridine rings is 4. The Morgan fingerprint density at radius 3 is 1.11 bits per heavy atom. The van der Waals surface area contributed by atoms with Crippen LogP contribution in [0.15, 0.2) is 245 Å². The molecule has 24 rings (SSSR count). The summed E-state index contributed by atoms with van der Waals surface area (Å²) >= 11 is 36.1. The van der Waals surface area contributed by atoms with Crippen LogP contribution < -0.4 is 10.5 Å². The van der Waals surface area contributed by atoms with Crippen molar-refractivity contribution in [3.05, 3.63) is 309 Å². The number of likely N-dealkylation sites (tertiary alicyclic amines) is 3. The van der Waals surface area contributed by atoms with Crippen molar-refractivity contribution in [3.63, 3.8) is 0 Å². The van der Waals surface area contributed by atoms with Crippen LogP contribution in [0.5, 0.6) is 5.75 Å². The van der Waals surface area contributed by atoms with E-state index < -0.39 is 0 Å². The van der Waals surface area contributed by atoms with E-state index >= 15 is 0 Å². The standard InChI is InChI=1S/2C20H22ClN5O.C20H21ClN4O2.C18H18ClN3O2.C17H16ClN3O.C16H15ClN4O/c1-24(2)20(27)25-11-8-14(9-12-25)19-17-7-10-22-13-18(17)26(23-19)16-5-3-15(21)4-6-16;21-15-1-3-16(4-2-15)26-18-13-23-10-6-17(18)20(24-26)14-7-11-25(12-8-14)19(27)5-9-22;1-2-27-20(26)24-11-8-14(9-12-24)19-17-7-10-22-13-18(17)25(23-19)16-5-3-15(21)4-6-16;1-23-16-11-20-10-15-17(16)18(12-6-8-24-9-7-12)21-22(15)14-4-2-13(19)3-5-14;18-13-1-3-14(4-2-13)21-10-15(12-5-7-22-8-6-12)17-16(21)9-19-11-20-17;17-12-1-3-13(4-2-12)21-14-9-18-10-19-16(14)15(20-21)11-5-7-22-8-6-11/h3-7,10,13-14H,8-9,11-12H2,1-2H3;1-4,6,10,13-14H,5,7-9,11-12,22H2;3-7,10,13-14H,2,8-9,11-12H2,1H3;2-5,10-12H,6-9H2,1H3;1-4,9-12H,5-8H2;1-4,9-11H,5-8H2. The summed E-state index contributed by atoms with van der Waals surface area (Å²) < 4.78 is 38.9. The Labute approximate surface area is 891 Å². The van der Waals surface area contributed by atoms with Gasteiger partial charge >= 0.3 is 12.1 Å². The third-order valence-corrected chi connectivity index (χ3v) is 29.6. The fraction of sp³-hybridized carbons (Fsp3) is 0.333. The molecule has 0 atom stereocenters. The van der Waals surface area contributed by atoms with Crippen LogP contribution in [0.2, 0.25) is 30.1 Å². The predicted octanol–water partition coefficient (Wildman–Crippen LogP) is 22.8. The number of nitrogens with two attached hydrogens (primary N) is 1. The van der Waals surface area contributed by atoms with Gasteiger partial charge in [-0.2, -0.15) is 25.5 Å². The number of rotatable bonds is 16. The Kier molecular flexibility index (Phi) is 34.0. The second kappa shape index (κ2) is 48.8. The molecule has 6 fully saturated rings. The maximum Gasteiger partial charge on any atom is 0.409 e. The second-order valence-corrected chi connectivity index (χ2v) is 40.1. The van der Waals surface area contributed by atoms with Crippen molar-refractivity contribution in [1.82, 2.24) is 113 Å². The number of methoxy groups -OCH3 is 1. The Morgan fingerprint density at radius 1 is 0.369 bits per heavy atom. The van der Waals surface area contributed by atoms with Crippen molar-refractivity contribution >= 4 is 153 Å². The first-order chi connectivity index (χ1) is 72.8. The van der Waals surface area contributed by atoms with Gasteiger partial charge in [0, 0.05) is 212 Å². The molecule has 12 aromatic heterocycles. The van der Waals surface area contributed by atoms with Crippen LogP contribution >= 0.6 is 69.6 Å². The van der Waals surface area contributed by atoms with E-state index in [1.165, 1.54) is 5.56 Å². The van der Waals surface area contributed by atoms with Gasteiger partial charge in [-0.1, -0.05) is 69.6 Å². The van der Waals surface area contributed by atoms with Crippen LogP contribution in [-0.4, -0.2) is 244 Å². The second-order valence-electron chi connectivity index (χ2n) is 37.5. The number of nitrogens with zero attached hydrogens (tertiary/aromatic N) is 23. The van der Waals surface area contributed by atoms with Crippen LogP contribution in [0.4, 0.5) is 9.59 Å². The average Bonchev–Trinajstić information content (AvgIpc) is 1.70. The monoisotopic (exact) mass is 2120 g/mol. The van der Waals surface area contributed by atoms with E-state index in [2.05, 4.69) is 50.6 Å². The van der Waals surface area contributed by atoms with E-state index in [0.717, 1.165) is 282 Å². The molecule has 768 valence electrons. The smallest absolute Gasteiger partial charge is 0.409 e. The number of amides is 4. The fourth-order valence-electron chi connectivity index (χ4n) is 20.3. The molecule has 18 aromatic rings. The predicted molar refractivity (Wildman–Crippen MR) is 581 cm³/mol. The number of carbonyl (C=O) groups excluding carboxylic acids is 3. The molecule has 0 saturated carbocycles. The third kappa shape index (κ3) is 24.0. The summed E-state index contributed by atoms with van der Waals surface area (Å²) in [5.41, 5.74) is 25.8. The van der Waals surface area contributed by atoms with E-state index in [-0.39, 0.29) is 18.0 Å². The molecule has 6 aliphatic rings. The number of carbonyl (C=O) groups is 3. The Hall–Kier alpha value is -13.6. The number of ether oxygens (including phenoxy) is 5. The quantitative estimate of drug-likeness (QED) is 0.0939. The summed E-state index contributed by atoms with van der Waals surface area (Å²) in [6, 6.07) is 52.2. The van der Waals surface area contributed by atoms with Crippen molar-refractivity contribution in [2.24, 2.45) is 5.73 Å². The first-order valence-corrected chi connectivity index (χ1v) is 52.6. The van der Waals surface area contributed by atoms with Gasteiger partial charge in [-0.05, 0) is 259 Å². The van der Waals surface area contributed by atoms with Crippen molar-refractivity contribution in [1.29, 1.82) is 0 Å². The van der Waals surface area contributed by atoms with Gasteiger partial charge in [-0.15, -0.1) is 0 Å². The molecule has 18 heterocycles. The molecule has 0 aliphatic carbocycles. The number of benzene rings is 6. The van der Waals surface area contributed by atoms with Crippen molar-refractivity contribution in [2.45, 2.75) is 126 Å². The summed E-state index contributed by atoms with van der Waals surface area (Å²) in [5.74, 6) is 3.12. The van der Waals surface area contributed by atoms with Gasteiger partial charge in [0.15, 0.2) is 0 Å². The van der Waals surface area contributed by atoms with Gasteiger partial charge in [0.1, 0.15) is 29.4 Å². The van der Waals surface area contributed by atoms with Gasteiger partial charge in [0.2, 0.25) is 5.91 Å². The molecule has 6 aliphatic heterocycles. The minimum absolute atomic E-state index is 0.0780. The molecule has 0 spiro atoms. The zero-order chi connectivity index (χ0) is 103. The van der Waals surface area contributed by atoms with Gasteiger partial charge in [-0.25, -0.2) is 52.9 Å². The lowest BCUT2D eigenvalue weighted by Gasteiger charge is -2.33. The first-order valence-electron chi connectivity index (χ1n) is 50.3. The van der Waals surface area contributed by atoms with E-state index in [0.29, 0.717) is 93.3 Å². The highest BCUT2D eigenvalue weighted by Gasteiger charge is 2.35. The number of hydrogen-bond donors (Lipinski definition) is 1. The van der Waals surface area contributed by atoms with Crippen molar-refractivity contribution in [2.75, 3.05) is 113 Å². The average molecular weight is 2130 g/mol. The van der Waals surface area contributed by atoms with Crippen molar-refractivity contribution < 1.29 is 38.1 Å². The highest BCUT2D eigenvalue weighted by molar-refractivity contribution is 6.32. The van der Waals surface area contributed by atoms with Gasteiger partial charge in [0.05, 0.1) is 152 Å². The number of urea groups is 1. The van der Waals surface area contributed by atoms with Gasteiger partial charge < -0.3 is 53.6 Å². The zero-order valence-electron chi connectivity index (χ0n) is 83.0. The summed E-state index contributed by atoms with van der Waals surface area (Å²) in [6.07, 6.45) is 35.2. The molecular formula is C111H114Cl6N24O8. The van der Waals surface area contributed by atoms with Crippen LogP contribution in [-0.2, 0) is 23.7 Å². The number of hydrogen-bond acceptors (Lipinski definition) is 22. The van der Waals surface area contributed by atoms with E-state index in [1.54, 1.807) is 62.3 Å². The normalized spacial score (nSPS) is 15.7. The molecule has 149 heavy (non-hydrogen) atoms. The first kappa shape index (κ1) is 104. The van der Waals surface area contributed by atoms with Crippen molar-refractivity contribution in [3.8, 4) is 39.9 Å².